The second kappa shape index (κ2) is 2.60. The van der Waals surface area contributed by atoms with Crippen LogP contribution in [0.1, 0.15) is 6.42 Å². The normalized spacial score (nSPS) is 40.8. The Bertz CT molecular complexity index is 138. The van der Waals surface area contributed by atoms with E-state index in [9.17, 15) is 0 Å². The Morgan fingerprint density at radius 3 is 2.60 bits per heavy atom. The van der Waals surface area contributed by atoms with Crippen LogP contribution in [0, 0.1) is 0 Å². The van der Waals surface area contributed by atoms with E-state index in [2.05, 4.69) is 18.3 Å². The Kier molecular flexibility index (Phi) is 1.90. The van der Waals surface area contributed by atoms with Crippen LogP contribution in [0.2, 0.25) is 0 Å². The predicted molar refractivity (Wildman–Crippen MR) is 52.8 cm³/mol. The molecule has 2 aliphatic rings. The zero-order valence-corrected chi connectivity index (χ0v) is 8.76. The minimum absolute atomic E-state index is 0.631. The summed E-state index contributed by atoms with van der Waals surface area (Å²) in [6, 6.07) is 1.77. The predicted octanol–water partition coefficient (Wildman–Crippen LogP) is 0.713. The minimum atomic E-state index is -0.631. The van der Waals surface area contributed by atoms with Crippen LogP contribution in [0.15, 0.2) is 0 Å². The van der Waals surface area contributed by atoms with Crippen LogP contribution < -0.4 is 5.32 Å². The molecule has 3 heteroatoms. The second-order valence-electron chi connectivity index (χ2n) is 3.29. The van der Waals surface area contributed by atoms with E-state index in [0.717, 1.165) is 12.1 Å². The van der Waals surface area contributed by atoms with Gasteiger partial charge in [-0.25, -0.2) is 0 Å². The van der Waals surface area contributed by atoms with Crippen molar-refractivity contribution in [3.63, 3.8) is 0 Å². The molecule has 2 heterocycles. The Hall–Kier alpha value is 0.650. The molecule has 2 fully saturated rings. The molecule has 10 heavy (non-hydrogen) atoms. The molecule has 0 saturated carbocycles. The Balaban J connectivity index is 2.02. The first-order valence-electron chi connectivity index (χ1n) is 3.77. The van der Waals surface area contributed by atoms with Crippen molar-refractivity contribution in [1.82, 2.24) is 8.43 Å². The van der Waals surface area contributed by atoms with Crippen LogP contribution in [0.25, 0.3) is 0 Å². The molecule has 0 radical (unpaired) electrons. The first kappa shape index (κ1) is 7.31. The van der Waals surface area contributed by atoms with E-state index in [1.807, 2.05) is 0 Å². The molecule has 2 aliphatic heterocycles. The molecule has 60 valence electrons. The van der Waals surface area contributed by atoms with Gasteiger partial charge >= 0.3 is 70.0 Å². The van der Waals surface area contributed by atoms with Gasteiger partial charge in [0.2, 0.25) is 0 Å². The summed E-state index contributed by atoms with van der Waals surface area (Å²) in [5.74, 6) is 0. The van der Waals surface area contributed by atoms with Crippen LogP contribution in [0.3, 0.4) is 0 Å². The van der Waals surface area contributed by atoms with Crippen molar-refractivity contribution in [2.45, 2.75) is 18.5 Å². The zero-order valence-electron chi connectivity index (χ0n) is 6.60. The summed E-state index contributed by atoms with van der Waals surface area (Å²) >= 11 is -0.631. The average Bonchev–Trinajstić information content (AvgIpc) is 2.44. The van der Waals surface area contributed by atoms with E-state index < -0.39 is 20.1 Å². The van der Waals surface area contributed by atoms with E-state index in [4.69, 9.17) is 0 Å². The molecular weight excluding hydrogens is 239 g/mol. The number of hydrogen-bond donors (Lipinski definition) is 1. The van der Waals surface area contributed by atoms with Crippen LogP contribution in [0.4, 0.5) is 0 Å². The van der Waals surface area contributed by atoms with E-state index in [0.29, 0.717) is 0 Å². The molecule has 0 spiro atoms. The number of nitrogens with one attached hydrogen (secondary N) is 1. The molecule has 0 aliphatic carbocycles. The summed E-state index contributed by atoms with van der Waals surface area (Å²) < 4.78 is 2.77. The Morgan fingerprint density at radius 1 is 1.50 bits per heavy atom. The fourth-order valence-electron chi connectivity index (χ4n) is 1.92. The van der Waals surface area contributed by atoms with Crippen LogP contribution in [-0.2, 0) is 0 Å². The monoisotopic (exact) mass is 254 g/mol. The average molecular weight is 254 g/mol. The summed E-state index contributed by atoms with van der Waals surface area (Å²) in [4.78, 5) is 4.90. The molecule has 2 unspecified atom stereocenters. The molecule has 2 rings (SSSR count). The van der Waals surface area contributed by atoms with Crippen LogP contribution in [0.5, 0.6) is 0 Å². The number of hydrogen-bond acceptors (Lipinski definition) is 2. The van der Waals surface area contributed by atoms with Crippen molar-refractivity contribution in [2.24, 2.45) is 0 Å². The molecule has 0 aromatic carbocycles. The third kappa shape index (κ3) is 1.08. The summed E-state index contributed by atoms with van der Waals surface area (Å²) in [6.07, 6.45) is 1.43. The molecule has 0 aromatic rings. The SMILES string of the molecule is CI(C)N1CC2CC1CN2. The summed E-state index contributed by atoms with van der Waals surface area (Å²) in [5.41, 5.74) is 0. The standard InChI is InChI=1S/C7H15IN2/c1-8(2)10-5-6-3-7(10)4-9-6/h6-7,9H,3-5H2,1-2H3. The molecule has 2 bridgehead atoms. The fourth-order valence-corrected chi connectivity index (χ4v) is 5.19. The van der Waals surface area contributed by atoms with E-state index in [1.165, 1.54) is 19.5 Å². The van der Waals surface area contributed by atoms with E-state index >= 15 is 0 Å². The first-order chi connectivity index (χ1) is 4.77. The Morgan fingerprint density at radius 2 is 2.30 bits per heavy atom. The van der Waals surface area contributed by atoms with Gasteiger partial charge in [0.15, 0.2) is 0 Å². The molecule has 0 aromatic heterocycles. The van der Waals surface area contributed by atoms with Gasteiger partial charge in [0.1, 0.15) is 0 Å². The number of alkyl halides is 2. The van der Waals surface area contributed by atoms with Gasteiger partial charge in [-0.3, -0.25) is 0 Å². The van der Waals surface area contributed by atoms with Gasteiger partial charge in [0, 0.05) is 0 Å². The van der Waals surface area contributed by atoms with Crippen molar-refractivity contribution in [2.75, 3.05) is 23.0 Å². The van der Waals surface area contributed by atoms with E-state index in [1.54, 1.807) is 0 Å². The number of piperazine rings is 1. The molecule has 1 N–H and O–H groups in total. The van der Waals surface area contributed by atoms with Crippen molar-refractivity contribution >= 4 is 20.1 Å². The topological polar surface area (TPSA) is 15.3 Å². The van der Waals surface area contributed by atoms with Gasteiger partial charge < -0.3 is 0 Å². The maximum absolute atomic E-state index is 3.52. The quantitative estimate of drug-likeness (QED) is 0.421. The third-order valence-electron chi connectivity index (χ3n) is 2.42. The molecular formula is C7H15IN2. The van der Waals surface area contributed by atoms with Crippen molar-refractivity contribution in [3.8, 4) is 0 Å². The van der Waals surface area contributed by atoms with Crippen LogP contribution >= 0.6 is 20.1 Å². The van der Waals surface area contributed by atoms with Gasteiger partial charge in [-0.1, -0.05) is 0 Å². The van der Waals surface area contributed by atoms with Crippen molar-refractivity contribution < 1.29 is 0 Å². The van der Waals surface area contributed by atoms with Crippen LogP contribution in [-0.4, -0.2) is 38.1 Å². The summed E-state index contributed by atoms with van der Waals surface area (Å²) in [5, 5.41) is 3.52. The molecule has 2 saturated heterocycles. The van der Waals surface area contributed by atoms with E-state index in [-0.39, 0.29) is 0 Å². The number of rotatable bonds is 1. The van der Waals surface area contributed by atoms with Gasteiger partial charge in [-0.2, -0.15) is 0 Å². The summed E-state index contributed by atoms with van der Waals surface area (Å²) in [7, 11) is 0. The number of halogens is 1. The van der Waals surface area contributed by atoms with Crippen molar-refractivity contribution in [3.05, 3.63) is 0 Å². The number of nitrogens with zero attached hydrogens (tertiary/aromatic N) is 1. The summed E-state index contributed by atoms with van der Waals surface area (Å²) in [6.45, 7) is 2.61. The molecule has 0 amide bonds. The van der Waals surface area contributed by atoms with Crippen molar-refractivity contribution in [1.29, 1.82) is 0 Å². The first-order valence-corrected chi connectivity index (χ1v) is 9.05. The van der Waals surface area contributed by atoms with Gasteiger partial charge in [0.05, 0.1) is 0 Å². The third-order valence-corrected chi connectivity index (χ3v) is 6.08. The van der Waals surface area contributed by atoms with Gasteiger partial charge in [0.25, 0.3) is 0 Å². The maximum atomic E-state index is 3.52. The Labute approximate surface area is 70.1 Å². The zero-order chi connectivity index (χ0) is 7.14. The van der Waals surface area contributed by atoms with Gasteiger partial charge in [-0.15, -0.1) is 0 Å². The molecule has 2 nitrogen and oxygen atoms in total. The second-order valence-corrected chi connectivity index (χ2v) is 8.62. The fraction of sp³-hybridized carbons (Fsp3) is 1.00. The molecule has 2 atom stereocenters. The number of fused-ring (bicyclic) bond motifs is 2. The van der Waals surface area contributed by atoms with Gasteiger partial charge in [-0.05, 0) is 0 Å².